The fourth-order valence-electron chi connectivity index (χ4n) is 2.53. The highest BCUT2D eigenvalue weighted by Gasteiger charge is 2.26. The van der Waals surface area contributed by atoms with E-state index in [1.807, 2.05) is 7.05 Å². The first-order chi connectivity index (χ1) is 9.43. The summed E-state index contributed by atoms with van der Waals surface area (Å²) in [5.74, 6) is -0.203. The first-order valence-electron chi connectivity index (χ1n) is 6.69. The van der Waals surface area contributed by atoms with Crippen LogP contribution in [0.1, 0.15) is 23.2 Å². The van der Waals surface area contributed by atoms with Crippen LogP contribution in [0, 0.1) is 0 Å². The maximum atomic E-state index is 12.6. The molecular weight excluding hydrogens is 276 g/mol. The van der Waals surface area contributed by atoms with Crippen molar-refractivity contribution in [2.24, 2.45) is 0 Å². The largest absolute Gasteiger partial charge is 0.337 e. The summed E-state index contributed by atoms with van der Waals surface area (Å²) in [6.07, 6.45) is 3.10. The molecule has 1 amide bonds. The summed E-state index contributed by atoms with van der Waals surface area (Å²) in [4.78, 5) is 14.4. The molecular formula is C14H20N2O3S. The third-order valence-corrected chi connectivity index (χ3v) is 4.79. The van der Waals surface area contributed by atoms with Crippen LogP contribution in [-0.4, -0.2) is 51.7 Å². The van der Waals surface area contributed by atoms with E-state index >= 15 is 0 Å². The number of rotatable bonds is 3. The minimum atomic E-state index is -3.40. The third-order valence-electron chi connectivity index (χ3n) is 3.63. The molecule has 1 N–H and O–H groups in total. The number of carbonyl (C=O) groups excluding carboxylic acids is 1. The van der Waals surface area contributed by atoms with E-state index in [1.54, 1.807) is 23.1 Å². The molecule has 1 heterocycles. The Kier molecular flexibility index (Phi) is 4.45. The van der Waals surface area contributed by atoms with E-state index < -0.39 is 9.84 Å². The van der Waals surface area contributed by atoms with Gasteiger partial charge < -0.3 is 10.2 Å². The molecule has 0 aromatic heterocycles. The van der Waals surface area contributed by atoms with Gasteiger partial charge in [-0.2, -0.15) is 0 Å². The van der Waals surface area contributed by atoms with Crippen LogP contribution < -0.4 is 5.32 Å². The van der Waals surface area contributed by atoms with Gasteiger partial charge in [0.25, 0.3) is 5.91 Å². The number of likely N-dealkylation sites (tertiary alicyclic amines) is 1. The Hall–Kier alpha value is -1.40. The van der Waals surface area contributed by atoms with Gasteiger partial charge in [-0.1, -0.05) is 12.1 Å². The van der Waals surface area contributed by atoms with Gasteiger partial charge in [-0.3, -0.25) is 4.79 Å². The molecule has 2 rings (SSSR count). The Labute approximate surface area is 119 Å². The second kappa shape index (κ2) is 5.93. The van der Waals surface area contributed by atoms with Gasteiger partial charge >= 0.3 is 0 Å². The molecule has 1 aliphatic heterocycles. The molecule has 1 aliphatic rings. The third kappa shape index (κ3) is 3.19. The normalized spacial score (nSPS) is 19.9. The van der Waals surface area contributed by atoms with Crippen molar-refractivity contribution in [3.8, 4) is 0 Å². The quantitative estimate of drug-likeness (QED) is 0.900. The molecule has 1 aromatic rings. The van der Waals surface area contributed by atoms with Crippen LogP contribution in [0.25, 0.3) is 0 Å². The van der Waals surface area contributed by atoms with E-state index in [-0.39, 0.29) is 22.4 Å². The number of hydrogen-bond donors (Lipinski definition) is 1. The number of amides is 1. The van der Waals surface area contributed by atoms with Crippen LogP contribution in [0.3, 0.4) is 0 Å². The van der Waals surface area contributed by atoms with Crippen molar-refractivity contribution in [1.29, 1.82) is 0 Å². The van der Waals surface area contributed by atoms with Crippen molar-refractivity contribution in [2.75, 3.05) is 26.4 Å². The Balaban J connectivity index is 2.30. The summed E-state index contributed by atoms with van der Waals surface area (Å²) >= 11 is 0. The molecule has 20 heavy (non-hydrogen) atoms. The van der Waals surface area contributed by atoms with Crippen molar-refractivity contribution in [3.05, 3.63) is 29.8 Å². The van der Waals surface area contributed by atoms with Crippen LogP contribution >= 0.6 is 0 Å². The van der Waals surface area contributed by atoms with Crippen LogP contribution in [0.4, 0.5) is 0 Å². The zero-order chi connectivity index (χ0) is 14.8. The second-order valence-corrected chi connectivity index (χ2v) is 7.13. The molecule has 0 spiro atoms. The average Bonchev–Trinajstić information content (AvgIpc) is 2.45. The number of nitrogens with zero attached hydrogens (tertiary/aromatic N) is 1. The number of hydrogen-bond acceptors (Lipinski definition) is 4. The van der Waals surface area contributed by atoms with Crippen LogP contribution in [0.5, 0.6) is 0 Å². The number of benzene rings is 1. The van der Waals surface area contributed by atoms with Gasteiger partial charge in [0.05, 0.1) is 10.5 Å². The molecule has 0 bridgehead atoms. The lowest BCUT2D eigenvalue weighted by atomic mass is 10.0. The predicted octanol–water partition coefficient (Wildman–Crippen LogP) is 0.914. The van der Waals surface area contributed by atoms with Gasteiger partial charge in [-0.25, -0.2) is 8.42 Å². The standard InChI is InChI=1S/C14H20N2O3S/c1-15-11-6-5-9-16(10-11)14(17)12-7-3-4-8-13(12)20(2,18)19/h3-4,7-8,11,15H,5-6,9-10H2,1-2H3/t11-/m0/s1. The van der Waals surface area contributed by atoms with Gasteiger partial charge in [0.15, 0.2) is 9.84 Å². The van der Waals surface area contributed by atoms with Crippen LogP contribution in [0.2, 0.25) is 0 Å². The zero-order valence-corrected chi connectivity index (χ0v) is 12.6. The van der Waals surface area contributed by atoms with Crippen molar-refractivity contribution < 1.29 is 13.2 Å². The molecule has 5 nitrogen and oxygen atoms in total. The summed E-state index contributed by atoms with van der Waals surface area (Å²) < 4.78 is 23.6. The monoisotopic (exact) mass is 296 g/mol. The fourth-order valence-corrected chi connectivity index (χ4v) is 3.41. The van der Waals surface area contributed by atoms with Crippen molar-refractivity contribution in [2.45, 2.75) is 23.8 Å². The number of carbonyl (C=O) groups is 1. The average molecular weight is 296 g/mol. The van der Waals surface area contributed by atoms with E-state index in [9.17, 15) is 13.2 Å². The van der Waals surface area contributed by atoms with Crippen LogP contribution in [-0.2, 0) is 9.84 Å². The lowest BCUT2D eigenvalue weighted by Gasteiger charge is -2.33. The van der Waals surface area contributed by atoms with E-state index in [1.165, 1.54) is 6.07 Å². The number of nitrogens with one attached hydrogen (secondary N) is 1. The summed E-state index contributed by atoms with van der Waals surface area (Å²) in [5, 5.41) is 3.17. The lowest BCUT2D eigenvalue weighted by Crippen LogP contribution is -2.47. The molecule has 0 saturated carbocycles. The first-order valence-corrected chi connectivity index (χ1v) is 8.58. The second-order valence-electron chi connectivity index (χ2n) is 5.15. The van der Waals surface area contributed by atoms with E-state index in [0.717, 1.165) is 19.1 Å². The minimum absolute atomic E-state index is 0.108. The summed E-state index contributed by atoms with van der Waals surface area (Å²) in [7, 11) is -1.52. The SMILES string of the molecule is CN[C@H]1CCCN(C(=O)c2ccccc2S(C)(=O)=O)C1. The maximum Gasteiger partial charge on any atom is 0.255 e. The van der Waals surface area contributed by atoms with Gasteiger partial charge in [-0.15, -0.1) is 0 Å². The van der Waals surface area contributed by atoms with Gasteiger partial charge in [-0.05, 0) is 32.0 Å². The Morgan fingerprint density at radius 3 is 2.70 bits per heavy atom. The molecule has 6 heteroatoms. The van der Waals surface area contributed by atoms with Gasteiger partial charge in [0, 0.05) is 25.4 Å². The molecule has 0 radical (unpaired) electrons. The zero-order valence-electron chi connectivity index (χ0n) is 11.8. The number of piperidine rings is 1. The molecule has 1 aromatic carbocycles. The predicted molar refractivity (Wildman–Crippen MR) is 77.5 cm³/mol. The highest BCUT2D eigenvalue weighted by Crippen LogP contribution is 2.19. The lowest BCUT2D eigenvalue weighted by molar-refractivity contribution is 0.0694. The van der Waals surface area contributed by atoms with Gasteiger partial charge in [0.2, 0.25) is 0 Å². The number of sulfone groups is 1. The molecule has 1 atom stereocenters. The number of likely N-dealkylation sites (N-methyl/N-ethyl adjacent to an activating group) is 1. The topological polar surface area (TPSA) is 66.5 Å². The van der Waals surface area contributed by atoms with Crippen LogP contribution in [0.15, 0.2) is 29.2 Å². The summed E-state index contributed by atoms with van der Waals surface area (Å²) in [6.45, 7) is 1.29. The molecule has 0 unspecified atom stereocenters. The highest BCUT2D eigenvalue weighted by molar-refractivity contribution is 7.90. The van der Waals surface area contributed by atoms with Crippen molar-refractivity contribution >= 4 is 15.7 Å². The molecule has 1 fully saturated rings. The molecule has 0 aliphatic carbocycles. The Morgan fingerprint density at radius 1 is 1.35 bits per heavy atom. The Bertz CT molecular complexity index is 598. The molecule has 110 valence electrons. The molecule has 1 saturated heterocycles. The van der Waals surface area contributed by atoms with E-state index in [2.05, 4.69) is 5.32 Å². The highest BCUT2D eigenvalue weighted by atomic mass is 32.2. The minimum Gasteiger partial charge on any atom is -0.337 e. The smallest absolute Gasteiger partial charge is 0.255 e. The van der Waals surface area contributed by atoms with Crippen molar-refractivity contribution in [1.82, 2.24) is 10.2 Å². The maximum absolute atomic E-state index is 12.6. The van der Waals surface area contributed by atoms with E-state index in [0.29, 0.717) is 13.1 Å². The first kappa shape index (κ1) is 15.0. The van der Waals surface area contributed by atoms with E-state index in [4.69, 9.17) is 0 Å². The van der Waals surface area contributed by atoms with Crippen molar-refractivity contribution in [3.63, 3.8) is 0 Å². The summed E-state index contributed by atoms with van der Waals surface area (Å²) in [5.41, 5.74) is 0.270. The Morgan fingerprint density at radius 2 is 2.05 bits per heavy atom. The fraction of sp³-hybridized carbons (Fsp3) is 0.500. The van der Waals surface area contributed by atoms with Gasteiger partial charge in [0.1, 0.15) is 0 Å². The summed E-state index contributed by atoms with van der Waals surface area (Å²) in [6, 6.07) is 6.68.